The van der Waals surface area contributed by atoms with Crippen molar-refractivity contribution in [3.05, 3.63) is 112 Å². The standard InChI is InChI=1S/C30H22F6O/c1-2-3-10-37-22-16-27(33)24(28(34)17-22)9-6-19-12-25(31)23(26(32)13-19)8-5-18-4-7-20-14-29(35)30(36)15-21(20)11-18/h4,7,11-17H,2-3,6,9-10H2,1H3. The first-order valence-corrected chi connectivity index (χ1v) is 11.7. The van der Waals surface area contributed by atoms with Gasteiger partial charge in [-0.05, 0) is 72.0 Å². The van der Waals surface area contributed by atoms with Gasteiger partial charge in [0.15, 0.2) is 11.6 Å². The summed E-state index contributed by atoms with van der Waals surface area (Å²) in [6.07, 6.45) is 1.53. The third-order valence-corrected chi connectivity index (χ3v) is 5.86. The molecule has 7 heteroatoms. The fourth-order valence-corrected chi connectivity index (χ4v) is 3.85. The number of hydrogen-bond acceptors (Lipinski definition) is 1. The van der Waals surface area contributed by atoms with E-state index in [1.54, 1.807) is 0 Å². The highest BCUT2D eigenvalue weighted by atomic mass is 19.2. The summed E-state index contributed by atoms with van der Waals surface area (Å²) in [7, 11) is 0. The molecule has 0 atom stereocenters. The van der Waals surface area contributed by atoms with E-state index < -0.39 is 40.5 Å². The van der Waals surface area contributed by atoms with Gasteiger partial charge in [0.1, 0.15) is 29.0 Å². The van der Waals surface area contributed by atoms with Crippen LogP contribution >= 0.6 is 0 Å². The fourth-order valence-electron chi connectivity index (χ4n) is 3.85. The molecule has 4 rings (SSSR count). The molecule has 4 aromatic rings. The molecule has 1 nitrogen and oxygen atoms in total. The molecular weight excluding hydrogens is 490 g/mol. The van der Waals surface area contributed by atoms with Gasteiger partial charge in [0, 0.05) is 23.3 Å². The van der Waals surface area contributed by atoms with Crippen LogP contribution in [0.2, 0.25) is 0 Å². The van der Waals surface area contributed by atoms with Gasteiger partial charge in [-0.15, -0.1) is 0 Å². The molecule has 0 bridgehead atoms. The Morgan fingerprint density at radius 3 is 1.95 bits per heavy atom. The number of fused-ring (bicyclic) bond motifs is 1. The molecule has 0 saturated carbocycles. The Labute approximate surface area is 210 Å². The van der Waals surface area contributed by atoms with Gasteiger partial charge in [-0.1, -0.05) is 31.3 Å². The van der Waals surface area contributed by atoms with Crippen molar-refractivity contribution in [2.45, 2.75) is 32.6 Å². The molecule has 0 radical (unpaired) electrons. The summed E-state index contributed by atoms with van der Waals surface area (Å²) >= 11 is 0. The highest BCUT2D eigenvalue weighted by molar-refractivity contribution is 5.84. The average Bonchev–Trinajstić information content (AvgIpc) is 2.84. The van der Waals surface area contributed by atoms with E-state index in [1.807, 2.05) is 6.92 Å². The number of hydrogen-bond donors (Lipinski definition) is 0. The summed E-state index contributed by atoms with van der Waals surface area (Å²) in [5, 5.41) is 0.847. The number of unbranched alkanes of at least 4 members (excludes halogenated alkanes) is 1. The minimum atomic E-state index is -1.01. The van der Waals surface area contributed by atoms with E-state index in [0.29, 0.717) is 22.9 Å². The van der Waals surface area contributed by atoms with Crippen LogP contribution < -0.4 is 4.74 Å². The molecule has 190 valence electrons. The lowest BCUT2D eigenvalue weighted by Gasteiger charge is -2.10. The second-order valence-electron chi connectivity index (χ2n) is 8.58. The molecule has 0 N–H and O–H groups in total. The maximum atomic E-state index is 14.7. The first-order valence-electron chi connectivity index (χ1n) is 11.7. The van der Waals surface area contributed by atoms with E-state index in [-0.39, 0.29) is 29.7 Å². The molecule has 0 aliphatic heterocycles. The van der Waals surface area contributed by atoms with E-state index in [9.17, 15) is 26.3 Å². The number of halogens is 6. The van der Waals surface area contributed by atoms with Crippen molar-refractivity contribution in [1.82, 2.24) is 0 Å². The Morgan fingerprint density at radius 2 is 1.30 bits per heavy atom. The van der Waals surface area contributed by atoms with E-state index >= 15 is 0 Å². The van der Waals surface area contributed by atoms with Crippen molar-refractivity contribution < 1.29 is 31.1 Å². The number of rotatable bonds is 7. The van der Waals surface area contributed by atoms with Crippen molar-refractivity contribution in [2.75, 3.05) is 6.61 Å². The summed E-state index contributed by atoms with van der Waals surface area (Å²) in [6, 6.07) is 11.0. The molecule has 4 aromatic carbocycles. The van der Waals surface area contributed by atoms with Gasteiger partial charge >= 0.3 is 0 Å². The lowest BCUT2D eigenvalue weighted by Crippen LogP contribution is -2.03. The predicted octanol–water partition coefficient (Wildman–Crippen LogP) is 8.04. The maximum absolute atomic E-state index is 14.7. The smallest absolute Gasteiger partial charge is 0.159 e. The van der Waals surface area contributed by atoms with Crippen LogP contribution in [0.4, 0.5) is 26.3 Å². The molecule has 0 unspecified atom stereocenters. The average molecular weight is 512 g/mol. The topological polar surface area (TPSA) is 9.23 Å². The molecular formula is C30H22F6O. The van der Waals surface area contributed by atoms with Gasteiger partial charge in [0.05, 0.1) is 12.2 Å². The van der Waals surface area contributed by atoms with Crippen LogP contribution in [0.1, 0.15) is 42.0 Å². The highest BCUT2D eigenvalue weighted by Crippen LogP contribution is 2.24. The lowest BCUT2D eigenvalue weighted by atomic mass is 10.0. The molecule has 0 aromatic heterocycles. The molecule has 0 heterocycles. The van der Waals surface area contributed by atoms with E-state index in [2.05, 4.69) is 11.8 Å². The van der Waals surface area contributed by atoms with Crippen molar-refractivity contribution in [3.8, 4) is 17.6 Å². The largest absolute Gasteiger partial charge is 0.493 e. The Balaban J connectivity index is 1.49. The van der Waals surface area contributed by atoms with Gasteiger partial charge in [0.2, 0.25) is 0 Å². The Kier molecular flexibility index (Phi) is 8.08. The Hall–Kier alpha value is -3.92. The van der Waals surface area contributed by atoms with Gasteiger partial charge in [0.25, 0.3) is 0 Å². The van der Waals surface area contributed by atoms with Crippen LogP contribution in [-0.4, -0.2) is 6.61 Å². The molecule has 0 spiro atoms. The Bertz CT molecular complexity index is 1470. The van der Waals surface area contributed by atoms with Gasteiger partial charge < -0.3 is 4.74 Å². The number of aryl methyl sites for hydroxylation is 1. The van der Waals surface area contributed by atoms with Crippen molar-refractivity contribution in [1.29, 1.82) is 0 Å². The van der Waals surface area contributed by atoms with Gasteiger partial charge in [-0.3, -0.25) is 0 Å². The molecule has 0 amide bonds. The first kappa shape index (κ1) is 26.2. The third kappa shape index (κ3) is 6.26. The van der Waals surface area contributed by atoms with Crippen LogP contribution in [0.15, 0.2) is 54.6 Å². The summed E-state index contributed by atoms with van der Waals surface area (Å²) in [6.45, 7) is 2.32. The quantitative estimate of drug-likeness (QED) is 0.138. The number of ether oxygens (including phenoxy) is 1. The fraction of sp³-hybridized carbons (Fsp3) is 0.200. The second-order valence-corrected chi connectivity index (χ2v) is 8.58. The third-order valence-electron chi connectivity index (χ3n) is 5.86. The van der Waals surface area contributed by atoms with E-state index in [4.69, 9.17) is 4.74 Å². The molecule has 0 aliphatic rings. The first-order chi connectivity index (χ1) is 17.7. The van der Waals surface area contributed by atoms with Crippen LogP contribution in [0.3, 0.4) is 0 Å². The highest BCUT2D eigenvalue weighted by Gasteiger charge is 2.15. The summed E-state index contributed by atoms with van der Waals surface area (Å²) < 4.78 is 90.4. The van der Waals surface area contributed by atoms with Crippen LogP contribution in [0.25, 0.3) is 10.8 Å². The number of benzene rings is 4. The summed E-state index contributed by atoms with van der Waals surface area (Å²) in [5.41, 5.74) is -0.0968. The van der Waals surface area contributed by atoms with Crippen LogP contribution in [0.5, 0.6) is 5.75 Å². The Morgan fingerprint density at radius 1 is 0.649 bits per heavy atom. The van der Waals surface area contributed by atoms with Crippen molar-refractivity contribution in [2.24, 2.45) is 0 Å². The zero-order valence-electron chi connectivity index (χ0n) is 19.9. The molecule has 0 fully saturated rings. The molecule has 0 saturated heterocycles. The normalized spacial score (nSPS) is 10.9. The maximum Gasteiger partial charge on any atom is 0.159 e. The van der Waals surface area contributed by atoms with E-state index in [0.717, 1.165) is 49.2 Å². The SMILES string of the molecule is CCCCOc1cc(F)c(CCc2cc(F)c(C#Cc3ccc4cc(F)c(F)cc4c3)c(F)c2)c(F)c1. The minimum Gasteiger partial charge on any atom is -0.493 e. The summed E-state index contributed by atoms with van der Waals surface area (Å²) in [4.78, 5) is 0. The van der Waals surface area contributed by atoms with Crippen molar-refractivity contribution >= 4 is 10.8 Å². The zero-order chi connectivity index (χ0) is 26.5. The lowest BCUT2D eigenvalue weighted by molar-refractivity contribution is 0.305. The van der Waals surface area contributed by atoms with Gasteiger partial charge in [-0.2, -0.15) is 0 Å². The zero-order valence-corrected chi connectivity index (χ0v) is 19.9. The van der Waals surface area contributed by atoms with Crippen LogP contribution in [0, 0.1) is 46.7 Å². The minimum absolute atomic E-state index is 0.00176. The molecule has 0 aliphatic carbocycles. The van der Waals surface area contributed by atoms with E-state index in [1.165, 1.54) is 18.2 Å². The van der Waals surface area contributed by atoms with Gasteiger partial charge in [-0.25, -0.2) is 26.3 Å². The second kappa shape index (κ2) is 11.4. The van der Waals surface area contributed by atoms with Crippen molar-refractivity contribution in [3.63, 3.8) is 0 Å². The monoisotopic (exact) mass is 512 g/mol. The van der Waals surface area contributed by atoms with Crippen LogP contribution in [-0.2, 0) is 12.8 Å². The molecule has 37 heavy (non-hydrogen) atoms. The summed E-state index contributed by atoms with van der Waals surface area (Å²) in [5.74, 6) is -0.244. The predicted molar refractivity (Wildman–Crippen MR) is 130 cm³/mol.